The lowest BCUT2D eigenvalue weighted by Crippen LogP contribution is -2.31. The van der Waals surface area contributed by atoms with Crippen molar-refractivity contribution in [2.24, 2.45) is 0 Å². The number of likely N-dealkylation sites (tertiary alicyclic amines) is 1. The Balaban J connectivity index is 1.36. The maximum Gasteiger partial charge on any atom is 0.187 e. The second-order valence-electron chi connectivity index (χ2n) is 7.96. The smallest absolute Gasteiger partial charge is 0.187 e. The number of fused-ring (bicyclic) bond motifs is 1. The second kappa shape index (κ2) is 8.43. The van der Waals surface area contributed by atoms with Crippen LogP contribution in [0.3, 0.4) is 0 Å². The zero-order valence-corrected chi connectivity index (χ0v) is 17.8. The van der Waals surface area contributed by atoms with Crippen LogP contribution in [-0.4, -0.2) is 66.4 Å². The third-order valence-electron chi connectivity index (χ3n) is 5.71. The van der Waals surface area contributed by atoms with E-state index in [9.17, 15) is 0 Å². The number of nitrogens with zero attached hydrogens (tertiary/aromatic N) is 8. The summed E-state index contributed by atoms with van der Waals surface area (Å²) in [5.41, 5.74) is 3.35. The minimum Gasteiger partial charge on any atom is -0.494 e. The molecule has 5 rings (SSSR count). The van der Waals surface area contributed by atoms with E-state index in [0.29, 0.717) is 30.2 Å². The number of hydrogen-bond acceptors (Lipinski definition) is 7. The molecule has 0 N–H and O–H groups in total. The van der Waals surface area contributed by atoms with Crippen molar-refractivity contribution in [1.29, 1.82) is 0 Å². The predicted molar refractivity (Wildman–Crippen MR) is 116 cm³/mol. The van der Waals surface area contributed by atoms with Gasteiger partial charge in [-0.15, -0.1) is 5.10 Å². The standard InChI is InChI=1S/C22H26N8O/c1-3-31-19-6-4-18(5-7-19)30-22-20(26-27-30)14-23-21(25-22)12-16-13-24-29(15-16)17-8-10-28(2)11-9-17/h4-7,13-15,17H,3,8-12H2,1-2H3. The number of benzene rings is 1. The van der Waals surface area contributed by atoms with E-state index in [-0.39, 0.29) is 0 Å². The number of hydrogen-bond donors (Lipinski definition) is 0. The predicted octanol–water partition coefficient (Wildman–Crippen LogP) is 2.66. The van der Waals surface area contributed by atoms with Gasteiger partial charge in [0.2, 0.25) is 0 Å². The first-order valence-corrected chi connectivity index (χ1v) is 10.7. The van der Waals surface area contributed by atoms with Gasteiger partial charge in [-0.05, 0) is 69.7 Å². The summed E-state index contributed by atoms with van der Waals surface area (Å²) in [6, 6.07) is 8.22. The van der Waals surface area contributed by atoms with E-state index in [1.165, 1.54) is 0 Å². The largest absolute Gasteiger partial charge is 0.494 e. The Hall–Kier alpha value is -3.33. The van der Waals surface area contributed by atoms with Crippen LogP contribution in [0.1, 0.15) is 37.2 Å². The maximum absolute atomic E-state index is 5.52. The Bertz CT molecular complexity index is 1160. The van der Waals surface area contributed by atoms with E-state index < -0.39 is 0 Å². The van der Waals surface area contributed by atoms with Gasteiger partial charge >= 0.3 is 0 Å². The average Bonchev–Trinajstić information content (AvgIpc) is 3.42. The number of piperidine rings is 1. The Morgan fingerprint density at radius 3 is 2.68 bits per heavy atom. The Morgan fingerprint density at radius 2 is 1.90 bits per heavy atom. The normalized spacial score (nSPS) is 15.5. The summed E-state index contributed by atoms with van der Waals surface area (Å²) in [6.07, 6.45) is 8.67. The van der Waals surface area contributed by atoms with Crippen LogP contribution in [0.2, 0.25) is 0 Å². The summed E-state index contributed by atoms with van der Waals surface area (Å²) in [5, 5.41) is 13.1. The molecule has 1 fully saturated rings. The summed E-state index contributed by atoms with van der Waals surface area (Å²) >= 11 is 0. The van der Waals surface area contributed by atoms with Gasteiger partial charge in [0.15, 0.2) is 11.2 Å². The van der Waals surface area contributed by atoms with Gasteiger partial charge in [-0.2, -0.15) is 9.78 Å². The quantitative estimate of drug-likeness (QED) is 0.476. The molecule has 0 unspecified atom stereocenters. The van der Waals surface area contributed by atoms with Gasteiger partial charge in [0, 0.05) is 12.6 Å². The van der Waals surface area contributed by atoms with Crippen LogP contribution in [0.4, 0.5) is 0 Å². The van der Waals surface area contributed by atoms with Crippen LogP contribution in [0.15, 0.2) is 42.9 Å². The van der Waals surface area contributed by atoms with E-state index in [0.717, 1.165) is 48.8 Å². The molecule has 1 aromatic carbocycles. The lowest BCUT2D eigenvalue weighted by molar-refractivity contribution is 0.212. The van der Waals surface area contributed by atoms with E-state index >= 15 is 0 Å². The molecule has 1 aliphatic rings. The number of aromatic nitrogens is 7. The lowest BCUT2D eigenvalue weighted by Gasteiger charge is -2.28. The van der Waals surface area contributed by atoms with Crippen molar-refractivity contribution in [2.75, 3.05) is 26.7 Å². The summed E-state index contributed by atoms with van der Waals surface area (Å²) in [7, 11) is 2.17. The molecular formula is C22H26N8O. The first-order chi connectivity index (χ1) is 15.2. The molecule has 0 spiro atoms. The second-order valence-corrected chi connectivity index (χ2v) is 7.96. The zero-order valence-electron chi connectivity index (χ0n) is 17.8. The maximum atomic E-state index is 5.52. The molecule has 1 saturated heterocycles. The Kier molecular flexibility index (Phi) is 5.33. The summed E-state index contributed by atoms with van der Waals surface area (Å²) in [5.74, 6) is 1.55. The third kappa shape index (κ3) is 4.13. The molecule has 0 radical (unpaired) electrons. The SMILES string of the molecule is CCOc1ccc(-n2nnc3cnc(Cc4cnn(C5CCN(C)CC5)c4)nc32)cc1. The van der Waals surface area contributed by atoms with Gasteiger partial charge in [0.25, 0.3) is 0 Å². The molecule has 3 aromatic heterocycles. The minimum absolute atomic E-state index is 0.471. The van der Waals surface area contributed by atoms with Crippen molar-refractivity contribution in [2.45, 2.75) is 32.2 Å². The van der Waals surface area contributed by atoms with Gasteiger partial charge < -0.3 is 9.64 Å². The van der Waals surface area contributed by atoms with Crippen molar-refractivity contribution in [3.05, 3.63) is 54.2 Å². The molecule has 9 heteroatoms. The van der Waals surface area contributed by atoms with Crippen LogP contribution in [-0.2, 0) is 6.42 Å². The molecule has 4 aromatic rings. The lowest BCUT2D eigenvalue weighted by atomic mass is 10.1. The molecule has 0 atom stereocenters. The molecule has 31 heavy (non-hydrogen) atoms. The van der Waals surface area contributed by atoms with E-state index in [1.54, 1.807) is 10.9 Å². The molecule has 160 valence electrons. The van der Waals surface area contributed by atoms with E-state index in [2.05, 4.69) is 43.2 Å². The molecule has 0 amide bonds. The third-order valence-corrected chi connectivity index (χ3v) is 5.71. The Labute approximate surface area is 180 Å². The first kappa shape index (κ1) is 19.6. The topological polar surface area (TPSA) is 86.8 Å². The summed E-state index contributed by atoms with van der Waals surface area (Å²) in [6.45, 7) is 4.83. The highest BCUT2D eigenvalue weighted by atomic mass is 16.5. The van der Waals surface area contributed by atoms with Crippen molar-refractivity contribution in [1.82, 2.24) is 39.6 Å². The van der Waals surface area contributed by atoms with Gasteiger partial charge in [0.05, 0.1) is 30.7 Å². The number of rotatable bonds is 6. The van der Waals surface area contributed by atoms with Crippen LogP contribution < -0.4 is 4.74 Å². The highest BCUT2D eigenvalue weighted by Crippen LogP contribution is 2.22. The monoisotopic (exact) mass is 418 g/mol. The minimum atomic E-state index is 0.471. The van der Waals surface area contributed by atoms with Crippen LogP contribution in [0.25, 0.3) is 16.9 Å². The summed E-state index contributed by atoms with van der Waals surface area (Å²) in [4.78, 5) is 11.6. The van der Waals surface area contributed by atoms with E-state index in [1.807, 2.05) is 37.4 Å². The van der Waals surface area contributed by atoms with Crippen molar-refractivity contribution in [3.63, 3.8) is 0 Å². The van der Waals surface area contributed by atoms with Gasteiger partial charge in [-0.1, -0.05) is 5.21 Å². The molecule has 9 nitrogen and oxygen atoms in total. The highest BCUT2D eigenvalue weighted by Gasteiger charge is 2.19. The van der Waals surface area contributed by atoms with Gasteiger partial charge in [0.1, 0.15) is 11.6 Å². The van der Waals surface area contributed by atoms with Gasteiger partial charge in [-0.25, -0.2) is 9.97 Å². The molecule has 0 aliphatic carbocycles. The first-order valence-electron chi connectivity index (χ1n) is 10.7. The van der Waals surface area contributed by atoms with Crippen LogP contribution in [0.5, 0.6) is 5.75 Å². The molecule has 0 saturated carbocycles. The molecule has 1 aliphatic heterocycles. The molecule has 4 heterocycles. The van der Waals surface area contributed by atoms with Crippen molar-refractivity contribution in [3.8, 4) is 11.4 Å². The van der Waals surface area contributed by atoms with Crippen LogP contribution in [0, 0.1) is 0 Å². The average molecular weight is 419 g/mol. The molecule has 0 bridgehead atoms. The highest BCUT2D eigenvalue weighted by molar-refractivity contribution is 5.70. The van der Waals surface area contributed by atoms with E-state index in [4.69, 9.17) is 9.72 Å². The Morgan fingerprint density at radius 1 is 1.10 bits per heavy atom. The van der Waals surface area contributed by atoms with Crippen LogP contribution >= 0.6 is 0 Å². The van der Waals surface area contributed by atoms with Crippen molar-refractivity contribution >= 4 is 11.2 Å². The van der Waals surface area contributed by atoms with Crippen molar-refractivity contribution < 1.29 is 4.74 Å². The fourth-order valence-corrected chi connectivity index (χ4v) is 3.98. The molecular weight excluding hydrogens is 392 g/mol. The fraction of sp³-hybridized carbons (Fsp3) is 0.409. The summed E-state index contributed by atoms with van der Waals surface area (Å²) < 4.78 is 9.36. The van der Waals surface area contributed by atoms with Gasteiger partial charge in [-0.3, -0.25) is 4.68 Å². The number of ether oxygens (including phenoxy) is 1. The zero-order chi connectivity index (χ0) is 21.2. The fourth-order valence-electron chi connectivity index (χ4n) is 3.98.